The second-order valence-electron chi connectivity index (χ2n) is 7.39. The van der Waals surface area contributed by atoms with E-state index in [1.165, 1.54) is 18.3 Å². The van der Waals surface area contributed by atoms with Crippen molar-refractivity contribution in [1.82, 2.24) is 9.97 Å². The van der Waals surface area contributed by atoms with Crippen molar-refractivity contribution in [3.63, 3.8) is 0 Å². The third-order valence-electron chi connectivity index (χ3n) is 4.78. The van der Waals surface area contributed by atoms with Crippen LogP contribution in [0.3, 0.4) is 0 Å². The molecular weight excluding hydrogens is 467 g/mol. The molecule has 176 valence electrons. The summed E-state index contributed by atoms with van der Waals surface area (Å²) in [5.41, 5.74) is 0.505. The first-order chi connectivity index (χ1) is 16.3. The van der Waals surface area contributed by atoms with E-state index in [9.17, 15) is 21.6 Å². The normalized spacial score (nSPS) is 11.4. The van der Waals surface area contributed by atoms with E-state index in [0.717, 1.165) is 12.1 Å². The number of anilines is 5. The highest BCUT2D eigenvalue weighted by molar-refractivity contribution is 7.92. The van der Waals surface area contributed by atoms with E-state index in [2.05, 4.69) is 25.3 Å². The minimum absolute atomic E-state index is 0.195. The van der Waals surface area contributed by atoms with Crippen molar-refractivity contribution in [2.24, 2.45) is 0 Å². The number of para-hydroxylation sites is 1. The van der Waals surface area contributed by atoms with Gasteiger partial charge in [0.25, 0.3) is 0 Å². The molecule has 0 unspecified atom stereocenters. The molecule has 34 heavy (non-hydrogen) atoms. The Hall–Kier alpha value is -3.86. The molecule has 11 heteroatoms. The van der Waals surface area contributed by atoms with Crippen LogP contribution in [0.4, 0.5) is 41.7 Å². The maximum absolute atomic E-state index is 14.9. The second kappa shape index (κ2) is 9.56. The number of hydrogen-bond acceptors (Lipinski definition) is 6. The zero-order chi connectivity index (χ0) is 24.3. The fourth-order valence-corrected chi connectivity index (χ4v) is 4.36. The molecule has 0 radical (unpaired) electrons. The van der Waals surface area contributed by atoms with Crippen LogP contribution in [0, 0.1) is 17.5 Å². The molecule has 0 aliphatic carbocycles. The summed E-state index contributed by atoms with van der Waals surface area (Å²) in [6.07, 6.45) is 1.78. The number of halogens is 3. The fourth-order valence-electron chi connectivity index (χ4n) is 3.23. The van der Waals surface area contributed by atoms with Gasteiger partial charge in [0.1, 0.15) is 23.1 Å². The van der Waals surface area contributed by atoms with Gasteiger partial charge in [-0.1, -0.05) is 19.1 Å². The maximum atomic E-state index is 14.9. The third-order valence-corrected chi connectivity index (χ3v) is 6.25. The van der Waals surface area contributed by atoms with Gasteiger partial charge in [-0.25, -0.2) is 26.6 Å². The van der Waals surface area contributed by atoms with Gasteiger partial charge in [-0.05, 0) is 48.9 Å². The number of benzene rings is 3. The van der Waals surface area contributed by atoms with Crippen molar-refractivity contribution >= 4 is 49.6 Å². The molecular formula is C23H20F3N5O2S. The highest BCUT2D eigenvalue weighted by atomic mass is 32.2. The largest absolute Gasteiger partial charge is 0.351 e. The number of nitrogens with one attached hydrogen (secondary N) is 3. The van der Waals surface area contributed by atoms with Gasteiger partial charge in [-0.2, -0.15) is 0 Å². The van der Waals surface area contributed by atoms with E-state index in [0.29, 0.717) is 17.5 Å². The lowest BCUT2D eigenvalue weighted by atomic mass is 10.2. The van der Waals surface area contributed by atoms with Crippen LogP contribution in [0.5, 0.6) is 0 Å². The first-order valence-electron chi connectivity index (χ1n) is 10.3. The summed E-state index contributed by atoms with van der Waals surface area (Å²) < 4.78 is 69.4. The zero-order valence-corrected chi connectivity index (χ0v) is 18.8. The van der Waals surface area contributed by atoms with E-state index in [4.69, 9.17) is 0 Å². The van der Waals surface area contributed by atoms with Crippen molar-refractivity contribution in [3.05, 3.63) is 78.2 Å². The van der Waals surface area contributed by atoms with Gasteiger partial charge in [-0.3, -0.25) is 9.71 Å². The summed E-state index contributed by atoms with van der Waals surface area (Å²) in [5, 5.41) is 5.47. The van der Waals surface area contributed by atoms with Crippen LogP contribution in [0.15, 0.2) is 60.8 Å². The average Bonchev–Trinajstić information content (AvgIpc) is 2.80. The molecule has 0 saturated carbocycles. The van der Waals surface area contributed by atoms with Gasteiger partial charge in [0.05, 0.1) is 34.4 Å². The van der Waals surface area contributed by atoms with Crippen LogP contribution in [0.1, 0.15) is 13.3 Å². The molecule has 7 nitrogen and oxygen atoms in total. The number of sulfonamides is 1. The zero-order valence-electron chi connectivity index (χ0n) is 17.9. The molecule has 4 rings (SSSR count). The standard InChI is InChI=1S/C23H20F3N5O2S/c1-2-11-34(32,33)31-19-10-8-16(25)23(22(19)26)28-14-7-9-18-20(12-14)30-21(13-27-18)29-17-6-4-3-5-15(17)24/h3-10,12-13,28,31H,2,11H2,1H3,(H,29,30). The van der Waals surface area contributed by atoms with E-state index in [1.807, 2.05) is 0 Å². The van der Waals surface area contributed by atoms with Crippen molar-refractivity contribution in [3.8, 4) is 0 Å². The van der Waals surface area contributed by atoms with Gasteiger partial charge in [-0.15, -0.1) is 0 Å². The Balaban J connectivity index is 1.63. The van der Waals surface area contributed by atoms with Crippen molar-refractivity contribution < 1.29 is 21.6 Å². The van der Waals surface area contributed by atoms with Crippen molar-refractivity contribution in [1.29, 1.82) is 0 Å². The van der Waals surface area contributed by atoms with Crippen molar-refractivity contribution in [2.45, 2.75) is 13.3 Å². The van der Waals surface area contributed by atoms with Crippen LogP contribution in [0.2, 0.25) is 0 Å². The Labute approximate surface area is 194 Å². The molecule has 0 bridgehead atoms. The summed E-state index contributed by atoms with van der Waals surface area (Å²) in [7, 11) is -3.76. The molecule has 3 aromatic carbocycles. The molecule has 0 amide bonds. The summed E-state index contributed by atoms with van der Waals surface area (Å²) in [6.45, 7) is 1.67. The number of aromatic nitrogens is 2. The highest BCUT2D eigenvalue weighted by Crippen LogP contribution is 2.30. The van der Waals surface area contributed by atoms with E-state index < -0.39 is 33.2 Å². The SMILES string of the molecule is CCCS(=O)(=O)Nc1ccc(F)c(Nc2ccc3ncc(Nc4ccccc4F)nc3c2)c1F. The van der Waals surface area contributed by atoms with Gasteiger partial charge in [0.2, 0.25) is 10.0 Å². The lowest BCUT2D eigenvalue weighted by Crippen LogP contribution is -2.17. The molecule has 0 saturated heterocycles. The monoisotopic (exact) mass is 487 g/mol. The minimum Gasteiger partial charge on any atom is -0.351 e. The van der Waals surface area contributed by atoms with Crippen LogP contribution < -0.4 is 15.4 Å². The predicted molar refractivity (Wildman–Crippen MR) is 127 cm³/mol. The second-order valence-corrected chi connectivity index (χ2v) is 9.24. The molecule has 1 aromatic heterocycles. The Morgan fingerprint density at radius 2 is 1.68 bits per heavy atom. The average molecular weight is 488 g/mol. The smallest absolute Gasteiger partial charge is 0.232 e. The summed E-state index contributed by atoms with van der Waals surface area (Å²) in [6, 6.07) is 12.7. The van der Waals surface area contributed by atoms with E-state index in [-0.39, 0.29) is 28.6 Å². The number of hydrogen-bond donors (Lipinski definition) is 3. The minimum atomic E-state index is -3.76. The lowest BCUT2D eigenvalue weighted by Gasteiger charge is -2.14. The Morgan fingerprint density at radius 1 is 0.882 bits per heavy atom. The Morgan fingerprint density at radius 3 is 2.44 bits per heavy atom. The lowest BCUT2D eigenvalue weighted by molar-refractivity contribution is 0.588. The van der Waals surface area contributed by atoms with Crippen LogP contribution in [0.25, 0.3) is 11.0 Å². The van der Waals surface area contributed by atoms with E-state index >= 15 is 0 Å². The predicted octanol–water partition coefficient (Wildman–Crippen LogP) is 5.69. The Bertz CT molecular complexity index is 1460. The van der Waals surface area contributed by atoms with Gasteiger partial charge in [0, 0.05) is 5.69 Å². The Kier molecular flexibility index (Phi) is 6.55. The van der Waals surface area contributed by atoms with Crippen LogP contribution >= 0.6 is 0 Å². The molecule has 4 aromatic rings. The first kappa shape index (κ1) is 23.3. The quantitative estimate of drug-likeness (QED) is 0.296. The van der Waals surface area contributed by atoms with Gasteiger partial charge in [0.15, 0.2) is 5.82 Å². The summed E-state index contributed by atoms with van der Waals surface area (Å²) in [4.78, 5) is 8.65. The fraction of sp³-hybridized carbons (Fsp3) is 0.130. The molecule has 0 aliphatic heterocycles. The molecule has 3 N–H and O–H groups in total. The molecule has 0 atom stereocenters. The highest BCUT2D eigenvalue weighted by Gasteiger charge is 2.18. The molecule has 0 spiro atoms. The molecule has 0 fully saturated rings. The van der Waals surface area contributed by atoms with Crippen LogP contribution in [-0.2, 0) is 10.0 Å². The van der Waals surface area contributed by atoms with Crippen LogP contribution in [-0.4, -0.2) is 24.1 Å². The summed E-state index contributed by atoms with van der Waals surface area (Å²) in [5.74, 6) is -2.36. The first-order valence-corrected chi connectivity index (χ1v) is 11.9. The molecule has 1 heterocycles. The number of rotatable bonds is 8. The topological polar surface area (TPSA) is 96.0 Å². The van der Waals surface area contributed by atoms with Gasteiger partial charge < -0.3 is 10.6 Å². The van der Waals surface area contributed by atoms with Crippen molar-refractivity contribution in [2.75, 3.05) is 21.1 Å². The summed E-state index contributed by atoms with van der Waals surface area (Å²) >= 11 is 0. The van der Waals surface area contributed by atoms with Gasteiger partial charge >= 0.3 is 0 Å². The number of nitrogens with zero attached hydrogens (tertiary/aromatic N) is 2. The van der Waals surface area contributed by atoms with E-state index in [1.54, 1.807) is 37.3 Å². The third kappa shape index (κ3) is 5.20. The molecule has 0 aliphatic rings. The number of fused-ring (bicyclic) bond motifs is 1. The maximum Gasteiger partial charge on any atom is 0.232 e.